The molecule has 0 amide bonds. The second kappa shape index (κ2) is 45.3. The van der Waals surface area contributed by atoms with E-state index in [9.17, 15) is 119 Å². The molecule has 0 heterocycles. The molecule has 0 aromatic carbocycles. The topological polar surface area (TPSA) is 501 Å². The van der Waals surface area contributed by atoms with Gasteiger partial charge in [-0.1, -0.05) is 0 Å². The molecule has 34 heteroatoms. The van der Waals surface area contributed by atoms with Crippen LogP contribution in [-0.4, -0.2) is 219 Å². The monoisotopic (exact) mass is 1500 g/mol. The summed E-state index contributed by atoms with van der Waals surface area (Å²) in [5.74, 6) is -18.4. The second-order valence-corrected chi connectivity index (χ2v) is 11.7. The Balaban J connectivity index is -0.000000148. The van der Waals surface area contributed by atoms with Crippen LogP contribution in [0.15, 0.2) is 0 Å². The van der Waals surface area contributed by atoms with Gasteiger partial charge >= 0.3 is 154 Å². The predicted octanol–water partition coefficient (Wildman–Crippen LogP) is -22.2. The molecule has 0 aliphatic rings. The van der Waals surface area contributed by atoms with Gasteiger partial charge in [0.05, 0.1) is 71.6 Å². The van der Waals surface area contributed by atoms with Crippen LogP contribution in [0.2, 0.25) is 0 Å². The minimum Gasteiger partial charge on any atom is -0.549 e. The Kier molecular flexibility index (Phi) is 54.4. The third kappa shape index (κ3) is 56.7. The van der Waals surface area contributed by atoms with Gasteiger partial charge in [0.25, 0.3) is 0 Å². The molecule has 0 fully saturated rings. The fourth-order valence-corrected chi connectivity index (χ4v) is 4.32. The third-order valence-electron chi connectivity index (χ3n) is 6.43. The molecule has 0 saturated carbocycles. The zero-order chi connectivity index (χ0) is 47.1. The van der Waals surface area contributed by atoms with E-state index in [1.807, 2.05) is 0 Å². The first-order chi connectivity index (χ1) is 27.6. The van der Waals surface area contributed by atoms with Gasteiger partial charge in [-0.2, -0.15) is 0 Å². The van der Waals surface area contributed by atoms with Gasteiger partial charge in [-0.05, 0) is 0 Å². The van der Waals surface area contributed by atoms with Crippen molar-refractivity contribution in [3.63, 3.8) is 0 Å². The molecule has 30 nitrogen and oxygen atoms in total. The van der Waals surface area contributed by atoms with Crippen molar-refractivity contribution in [1.29, 1.82) is 0 Å². The molecule has 0 saturated heterocycles. The molecule has 0 N–H and O–H groups in total. The van der Waals surface area contributed by atoms with Crippen molar-refractivity contribution < 1.29 is 273 Å². The van der Waals surface area contributed by atoms with Crippen LogP contribution in [0.3, 0.4) is 0 Å². The molecule has 0 spiro atoms. The van der Waals surface area contributed by atoms with E-state index >= 15 is 0 Å². The number of hydrogen-bond donors (Lipinski definition) is 0. The van der Waals surface area contributed by atoms with Crippen LogP contribution in [0.1, 0.15) is 0 Å². The molecule has 0 aliphatic heterocycles. The van der Waals surface area contributed by atoms with E-state index in [1.54, 1.807) is 0 Å². The molecule has 0 aromatic rings. The molecular weight excluding hydrogens is 1460 g/mol. The Morgan fingerprint density at radius 1 is 0.188 bits per heavy atom. The molecule has 0 radical (unpaired) electrons. The van der Waals surface area contributed by atoms with E-state index in [-0.39, 0.29) is 194 Å². The van der Waals surface area contributed by atoms with E-state index in [1.165, 1.54) is 0 Å². The smallest absolute Gasteiger partial charge is 0.549 e. The number of rotatable bonds is 33. The Labute approximate surface area is 485 Å². The number of carboxylic acids is 12. The maximum Gasteiger partial charge on any atom is 3.00 e. The third-order valence-corrected chi connectivity index (χ3v) is 6.43. The van der Waals surface area contributed by atoms with Crippen LogP contribution in [0.5, 0.6) is 0 Å². The summed E-state index contributed by atoms with van der Waals surface area (Å²) < 4.78 is 0. The van der Waals surface area contributed by atoms with Crippen molar-refractivity contribution in [3.05, 3.63) is 0 Å². The van der Waals surface area contributed by atoms with Crippen LogP contribution in [0.25, 0.3) is 0 Å². The summed E-state index contributed by atoms with van der Waals surface area (Å²) in [6.45, 7) is -9.75. The summed E-state index contributed by atoms with van der Waals surface area (Å²) in [5.41, 5.74) is 0. The molecule has 0 rings (SSSR count). The first kappa shape index (κ1) is 76.8. The SMILES string of the molecule is O=C([O-])CN(CCN(CC(=O)[O-])CC(=O)[O-])CC(=O)[O-].O=C([O-])CN(CCN(CC(=O)[O-])CC(=O)[O-])CC(=O)[O-].O=C([O-])CN(CCN(CC(=O)[O-])CC(=O)[O-])CC(=O)[O-].[Tb+3].[Tb+3].[Tb+3].[Tb+3]. The number of aliphatic carboxylic acids is 12. The zero-order valence-corrected chi connectivity index (χ0v) is 41.1. The van der Waals surface area contributed by atoms with Crippen molar-refractivity contribution in [1.82, 2.24) is 29.4 Å². The maximum atomic E-state index is 10.4. The average molecular weight is 1500 g/mol. The second-order valence-electron chi connectivity index (χ2n) is 11.7. The first-order valence-electron chi connectivity index (χ1n) is 16.3. The Bertz CT molecular complexity index is 1140. The first-order valence-corrected chi connectivity index (χ1v) is 16.3. The summed E-state index contributed by atoms with van der Waals surface area (Å²) in [7, 11) is 0. The molecule has 0 aliphatic carbocycles. The summed E-state index contributed by atoms with van der Waals surface area (Å²) in [6.07, 6.45) is 0. The summed E-state index contributed by atoms with van der Waals surface area (Å²) >= 11 is 0. The van der Waals surface area contributed by atoms with Gasteiger partial charge in [0.1, 0.15) is 0 Å². The van der Waals surface area contributed by atoms with Crippen molar-refractivity contribution >= 4 is 71.6 Å². The van der Waals surface area contributed by atoms with Crippen molar-refractivity contribution in [2.24, 2.45) is 0 Å². The quantitative estimate of drug-likeness (QED) is 0.0589. The normalized spacial score (nSPS) is 10.0. The van der Waals surface area contributed by atoms with Crippen molar-refractivity contribution in [3.8, 4) is 0 Å². The number of nitrogens with zero attached hydrogens (tertiary/aromatic N) is 6. The number of carbonyl (C=O) groups excluding carboxylic acids is 12. The standard InChI is InChI=1S/3C10H16N2O8.4Tb/c3*13-7(14)3-11(4-8(15)16)1-2-12(5-9(17)18)6-10(19)20;;;;/h3*1-6H2,(H,13,14)(H,15,16)(H,17,18)(H,19,20);;;;/q;;;4*+3/p-12. The Morgan fingerprint density at radius 2 is 0.250 bits per heavy atom. The van der Waals surface area contributed by atoms with E-state index in [4.69, 9.17) is 0 Å². The summed E-state index contributed by atoms with van der Waals surface area (Å²) in [6, 6.07) is 0. The van der Waals surface area contributed by atoms with E-state index in [0.717, 1.165) is 29.4 Å². The van der Waals surface area contributed by atoms with Crippen LogP contribution < -0.4 is 61.3 Å². The molecule has 366 valence electrons. The fourth-order valence-electron chi connectivity index (χ4n) is 4.32. The van der Waals surface area contributed by atoms with Crippen molar-refractivity contribution in [2.75, 3.05) is 118 Å². The number of hydrogen-bond acceptors (Lipinski definition) is 30. The van der Waals surface area contributed by atoms with Gasteiger partial charge in [-0.25, -0.2) is 0 Å². The zero-order valence-electron chi connectivity index (χ0n) is 32.5. The van der Waals surface area contributed by atoms with Gasteiger partial charge in [0.15, 0.2) is 0 Å². The van der Waals surface area contributed by atoms with E-state index < -0.39 is 150 Å². The molecule has 0 atom stereocenters. The molecule has 0 bridgehead atoms. The number of carbonyl (C=O) groups is 12. The average Bonchev–Trinajstić information content (AvgIpc) is 3.02. The minimum absolute atomic E-state index is 0. The predicted molar refractivity (Wildman–Crippen MR) is 159 cm³/mol. The van der Waals surface area contributed by atoms with Crippen LogP contribution in [-0.2, 0) is 57.5 Å². The molecule has 0 aromatic heterocycles. The van der Waals surface area contributed by atoms with Gasteiger partial charge in [-0.3, -0.25) is 29.4 Å². The van der Waals surface area contributed by atoms with E-state index in [0.29, 0.717) is 0 Å². The van der Waals surface area contributed by atoms with E-state index in [2.05, 4.69) is 0 Å². The van der Waals surface area contributed by atoms with Gasteiger partial charge in [0, 0.05) is 118 Å². The molecule has 0 unspecified atom stereocenters. The largest absolute Gasteiger partial charge is 3.00 e. The van der Waals surface area contributed by atoms with Crippen LogP contribution in [0.4, 0.5) is 0 Å². The molecule has 64 heavy (non-hydrogen) atoms. The van der Waals surface area contributed by atoms with Gasteiger partial charge in [0.2, 0.25) is 0 Å². The van der Waals surface area contributed by atoms with Crippen LogP contribution >= 0.6 is 0 Å². The van der Waals surface area contributed by atoms with Crippen LogP contribution in [0, 0.1) is 154 Å². The fraction of sp³-hybridized carbons (Fsp3) is 0.600. The molecular formula is C30H36N6O24Tb4. The Hall–Kier alpha value is -1.46. The summed E-state index contributed by atoms with van der Waals surface area (Å²) in [5, 5.41) is 125. The minimum atomic E-state index is -1.53. The Morgan fingerprint density at radius 3 is 0.297 bits per heavy atom. The van der Waals surface area contributed by atoms with Gasteiger partial charge < -0.3 is 119 Å². The van der Waals surface area contributed by atoms with Gasteiger partial charge in [-0.15, -0.1) is 0 Å². The van der Waals surface area contributed by atoms with Crippen molar-refractivity contribution in [2.45, 2.75) is 0 Å². The number of carboxylic acid groups (broad SMARTS) is 12. The maximum absolute atomic E-state index is 10.4. The summed E-state index contributed by atoms with van der Waals surface area (Å²) in [4.78, 5) is 130.